The molecule has 202 valence electrons. The van der Waals surface area contributed by atoms with Gasteiger partial charge in [-0.25, -0.2) is 8.42 Å². The van der Waals surface area contributed by atoms with Crippen LogP contribution in [0.2, 0.25) is 0 Å². The van der Waals surface area contributed by atoms with E-state index in [4.69, 9.17) is 0 Å². The Morgan fingerprint density at radius 1 is 0.921 bits per heavy atom. The Morgan fingerprint density at radius 2 is 1.53 bits per heavy atom. The molecular weight excluding hydrogens is 613 g/mol. The van der Waals surface area contributed by atoms with Crippen LogP contribution in [0.3, 0.4) is 0 Å². The molecule has 0 saturated carbocycles. The summed E-state index contributed by atoms with van der Waals surface area (Å²) in [7, 11) is -4.06. The number of anilines is 1. The molecule has 0 spiro atoms. The molecule has 0 saturated heterocycles. The van der Waals surface area contributed by atoms with Crippen LogP contribution in [0.15, 0.2) is 83.8 Å². The van der Waals surface area contributed by atoms with E-state index < -0.39 is 28.5 Å². The predicted molar refractivity (Wildman–Crippen MR) is 159 cm³/mol. The minimum Gasteiger partial charge on any atom is -0.352 e. The van der Waals surface area contributed by atoms with Gasteiger partial charge in [0.15, 0.2) is 0 Å². The smallest absolute Gasteiger partial charge is 0.264 e. The number of benzene rings is 3. The number of amides is 2. The van der Waals surface area contributed by atoms with Crippen LogP contribution in [0.5, 0.6) is 0 Å². The van der Waals surface area contributed by atoms with Crippen LogP contribution in [-0.2, 0) is 26.2 Å². The van der Waals surface area contributed by atoms with E-state index in [1.807, 2.05) is 45.0 Å². The van der Waals surface area contributed by atoms with Gasteiger partial charge in [-0.1, -0.05) is 55.0 Å². The maximum Gasteiger partial charge on any atom is 0.264 e. The number of nitrogens with zero attached hydrogens (tertiary/aromatic N) is 2. The Morgan fingerprint density at radius 3 is 2.11 bits per heavy atom. The second-order valence-corrected chi connectivity index (χ2v) is 12.4. The Balaban J connectivity index is 2.00. The van der Waals surface area contributed by atoms with Crippen LogP contribution in [-0.4, -0.2) is 43.8 Å². The van der Waals surface area contributed by atoms with Gasteiger partial charge in [-0.2, -0.15) is 0 Å². The summed E-state index contributed by atoms with van der Waals surface area (Å²) in [5.74, 6) is -0.762. The third-order valence-electron chi connectivity index (χ3n) is 6.37. The van der Waals surface area contributed by atoms with Gasteiger partial charge in [-0.15, -0.1) is 0 Å². The van der Waals surface area contributed by atoms with Crippen molar-refractivity contribution in [1.29, 1.82) is 0 Å². The average Bonchev–Trinajstić information content (AvgIpc) is 2.91. The van der Waals surface area contributed by atoms with E-state index in [0.717, 1.165) is 25.4 Å². The maximum absolute atomic E-state index is 13.9. The van der Waals surface area contributed by atoms with Gasteiger partial charge in [-0.05, 0) is 91.7 Å². The summed E-state index contributed by atoms with van der Waals surface area (Å²) >= 11 is 2.14. The van der Waals surface area contributed by atoms with Gasteiger partial charge in [0.1, 0.15) is 12.6 Å². The van der Waals surface area contributed by atoms with Crippen LogP contribution in [0, 0.1) is 10.5 Å². The van der Waals surface area contributed by atoms with Crippen molar-refractivity contribution >= 4 is 50.1 Å². The van der Waals surface area contributed by atoms with Crippen molar-refractivity contribution < 1.29 is 18.0 Å². The van der Waals surface area contributed by atoms with E-state index in [0.29, 0.717) is 5.69 Å². The van der Waals surface area contributed by atoms with Crippen molar-refractivity contribution in [3.05, 3.63) is 93.6 Å². The number of sulfonamides is 1. The summed E-state index contributed by atoms with van der Waals surface area (Å²) in [6, 6.07) is 21.8. The monoisotopic (exact) mass is 647 g/mol. The second kappa shape index (κ2) is 13.2. The first-order valence-electron chi connectivity index (χ1n) is 12.5. The molecule has 0 unspecified atom stereocenters. The molecule has 0 aliphatic heterocycles. The maximum atomic E-state index is 13.9. The first-order valence-corrected chi connectivity index (χ1v) is 15.0. The van der Waals surface area contributed by atoms with Crippen molar-refractivity contribution in [3.8, 4) is 0 Å². The van der Waals surface area contributed by atoms with Gasteiger partial charge in [-0.3, -0.25) is 13.9 Å². The van der Waals surface area contributed by atoms with Gasteiger partial charge in [0.25, 0.3) is 10.0 Å². The molecule has 0 aliphatic carbocycles. The highest BCUT2D eigenvalue weighted by atomic mass is 127. The highest BCUT2D eigenvalue weighted by Crippen LogP contribution is 2.25. The largest absolute Gasteiger partial charge is 0.352 e. The van der Waals surface area contributed by atoms with E-state index >= 15 is 0 Å². The lowest BCUT2D eigenvalue weighted by molar-refractivity contribution is -0.139. The third kappa shape index (κ3) is 7.57. The number of hydrogen-bond acceptors (Lipinski definition) is 4. The van der Waals surface area contributed by atoms with Crippen LogP contribution in [0.1, 0.15) is 38.3 Å². The van der Waals surface area contributed by atoms with Gasteiger partial charge in [0.2, 0.25) is 11.8 Å². The first-order chi connectivity index (χ1) is 18.0. The lowest BCUT2D eigenvalue weighted by Crippen LogP contribution is -2.52. The van der Waals surface area contributed by atoms with Crippen LogP contribution in [0.4, 0.5) is 5.69 Å². The van der Waals surface area contributed by atoms with Crippen LogP contribution >= 0.6 is 22.6 Å². The van der Waals surface area contributed by atoms with Crippen molar-refractivity contribution in [2.24, 2.45) is 0 Å². The molecule has 1 N–H and O–H groups in total. The highest BCUT2D eigenvalue weighted by molar-refractivity contribution is 14.1. The van der Waals surface area contributed by atoms with E-state index in [-0.39, 0.29) is 23.4 Å². The second-order valence-electron chi connectivity index (χ2n) is 9.30. The summed E-state index contributed by atoms with van der Waals surface area (Å²) < 4.78 is 29.5. The SMILES string of the molecule is CC[C@H](C)NC(=O)[C@@H](C)N(Cc1ccc(C)cc1)C(=O)CN(c1ccc(I)cc1)S(=O)(=O)c1ccccc1. The molecule has 0 bridgehead atoms. The molecule has 3 aromatic carbocycles. The molecule has 0 aromatic heterocycles. The van der Waals surface area contributed by atoms with E-state index in [2.05, 4.69) is 27.9 Å². The summed E-state index contributed by atoms with van der Waals surface area (Å²) in [5.41, 5.74) is 2.29. The third-order valence-corrected chi connectivity index (χ3v) is 8.87. The molecule has 0 aliphatic rings. The zero-order chi connectivity index (χ0) is 27.9. The summed E-state index contributed by atoms with van der Waals surface area (Å²) in [6.07, 6.45) is 0.750. The van der Waals surface area contributed by atoms with Crippen molar-refractivity contribution in [3.63, 3.8) is 0 Å². The summed E-state index contributed by atoms with van der Waals surface area (Å²) in [4.78, 5) is 28.5. The number of aryl methyl sites for hydroxylation is 1. The number of carbonyl (C=O) groups is 2. The topological polar surface area (TPSA) is 86.8 Å². The van der Waals surface area contributed by atoms with Gasteiger partial charge >= 0.3 is 0 Å². The minimum absolute atomic E-state index is 0.0528. The van der Waals surface area contributed by atoms with Crippen molar-refractivity contribution in [1.82, 2.24) is 10.2 Å². The molecule has 38 heavy (non-hydrogen) atoms. The molecule has 0 radical (unpaired) electrons. The van der Waals surface area contributed by atoms with Gasteiger partial charge < -0.3 is 10.2 Å². The Hall–Kier alpha value is -2.92. The van der Waals surface area contributed by atoms with E-state index in [1.165, 1.54) is 17.0 Å². The standard InChI is InChI=1S/C29H34IN3O4S/c1-5-22(3)31-29(35)23(4)32(19-24-13-11-21(2)12-14-24)28(34)20-33(26-17-15-25(30)16-18-26)38(36,37)27-9-7-6-8-10-27/h6-18,22-23H,5,19-20H2,1-4H3,(H,31,35)/t22-,23+/m0/s1. The molecule has 0 fully saturated rings. The van der Waals surface area contributed by atoms with E-state index in [9.17, 15) is 18.0 Å². The van der Waals surface area contributed by atoms with E-state index in [1.54, 1.807) is 49.4 Å². The number of carbonyl (C=O) groups excluding carboxylic acids is 2. The zero-order valence-electron chi connectivity index (χ0n) is 22.1. The van der Waals surface area contributed by atoms with Gasteiger partial charge in [0, 0.05) is 16.2 Å². The molecule has 7 nitrogen and oxygen atoms in total. The normalized spacial score (nSPS) is 12.9. The highest BCUT2D eigenvalue weighted by Gasteiger charge is 2.32. The lowest BCUT2D eigenvalue weighted by atomic mass is 10.1. The number of halogens is 1. The van der Waals surface area contributed by atoms with Crippen LogP contribution in [0.25, 0.3) is 0 Å². The Labute approximate surface area is 239 Å². The Bertz CT molecular complexity index is 1330. The summed E-state index contributed by atoms with van der Waals surface area (Å²) in [6.45, 7) is 7.23. The first kappa shape index (κ1) is 29.6. The summed E-state index contributed by atoms with van der Waals surface area (Å²) in [5, 5.41) is 2.94. The molecule has 2 atom stereocenters. The lowest BCUT2D eigenvalue weighted by Gasteiger charge is -2.32. The fourth-order valence-corrected chi connectivity index (χ4v) is 5.59. The number of hydrogen-bond donors (Lipinski definition) is 1. The zero-order valence-corrected chi connectivity index (χ0v) is 25.1. The molecule has 3 aromatic rings. The van der Waals surface area contributed by atoms with Crippen molar-refractivity contribution in [2.75, 3.05) is 10.8 Å². The predicted octanol–water partition coefficient (Wildman–Crippen LogP) is 5.13. The minimum atomic E-state index is -4.06. The fourth-order valence-electron chi connectivity index (χ4n) is 3.79. The number of rotatable bonds is 11. The Kier molecular flexibility index (Phi) is 10.3. The van der Waals surface area contributed by atoms with Crippen LogP contribution < -0.4 is 9.62 Å². The van der Waals surface area contributed by atoms with Crippen molar-refractivity contribution in [2.45, 2.75) is 57.6 Å². The molecular formula is C29H34IN3O4S. The number of nitrogens with one attached hydrogen (secondary N) is 1. The fraction of sp³-hybridized carbons (Fsp3) is 0.310. The van der Waals surface area contributed by atoms with Gasteiger partial charge in [0.05, 0.1) is 10.6 Å². The molecule has 0 heterocycles. The average molecular weight is 648 g/mol. The molecule has 3 rings (SSSR count). The molecule has 2 amide bonds. The quantitative estimate of drug-likeness (QED) is 0.293. The molecule has 9 heteroatoms.